The van der Waals surface area contributed by atoms with E-state index in [1.54, 1.807) is 0 Å². The number of nitrogens with zero attached hydrogens (tertiary/aromatic N) is 2. The fourth-order valence-corrected chi connectivity index (χ4v) is 2.00. The normalized spacial score (nSPS) is 30.6. The van der Waals surface area contributed by atoms with E-state index in [2.05, 4.69) is 30.7 Å². The van der Waals surface area contributed by atoms with Crippen LogP contribution in [-0.4, -0.2) is 54.3 Å². The number of rotatable bonds is 3. The Morgan fingerprint density at radius 3 is 2.21 bits per heavy atom. The zero-order chi connectivity index (χ0) is 10.7. The predicted octanol–water partition coefficient (Wildman–Crippen LogP) is 0.990. The molecule has 1 aliphatic rings. The molecule has 0 aliphatic carbocycles. The predicted molar refractivity (Wildman–Crippen MR) is 58.4 cm³/mol. The Kier molecular flexibility index (Phi) is 4.08. The van der Waals surface area contributed by atoms with Gasteiger partial charge in [-0.2, -0.15) is 0 Å². The average molecular weight is 198 g/mol. The molecule has 1 heterocycles. The van der Waals surface area contributed by atoms with Gasteiger partial charge in [0, 0.05) is 31.6 Å². The van der Waals surface area contributed by atoms with Gasteiger partial charge in [-0.3, -0.25) is 14.6 Å². The zero-order valence-corrected chi connectivity index (χ0v) is 9.79. The van der Waals surface area contributed by atoms with Gasteiger partial charge >= 0.3 is 0 Å². The summed E-state index contributed by atoms with van der Waals surface area (Å²) in [6, 6.07) is 1.12. The molecule has 14 heavy (non-hydrogen) atoms. The average Bonchev–Trinajstić information content (AvgIpc) is 2.14. The van der Waals surface area contributed by atoms with Crippen LogP contribution in [0, 0.1) is 0 Å². The van der Waals surface area contributed by atoms with E-state index < -0.39 is 0 Å². The van der Waals surface area contributed by atoms with Crippen LogP contribution in [0.5, 0.6) is 0 Å². The van der Waals surface area contributed by atoms with Crippen LogP contribution in [0.25, 0.3) is 0 Å². The SMILES string of the molecule is CCC(=O)CN1CC(C)N(C)C(C)C1. The monoisotopic (exact) mass is 198 g/mol. The minimum atomic E-state index is 0.356. The van der Waals surface area contributed by atoms with Gasteiger partial charge in [0.2, 0.25) is 0 Å². The van der Waals surface area contributed by atoms with Gasteiger partial charge in [0.05, 0.1) is 6.54 Å². The third-order valence-electron chi connectivity index (χ3n) is 3.23. The highest BCUT2D eigenvalue weighted by molar-refractivity contribution is 5.80. The molecule has 0 saturated carbocycles. The molecule has 3 nitrogen and oxygen atoms in total. The van der Waals surface area contributed by atoms with Crippen LogP contribution in [0.2, 0.25) is 0 Å². The van der Waals surface area contributed by atoms with Crippen molar-refractivity contribution in [1.82, 2.24) is 9.80 Å². The Morgan fingerprint density at radius 2 is 1.79 bits per heavy atom. The summed E-state index contributed by atoms with van der Waals surface area (Å²) >= 11 is 0. The standard InChI is InChI=1S/C11H22N2O/c1-5-11(14)8-13-6-9(2)12(4)10(3)7-13/h9-10H,5-8H2,1-4H3. The Labute approximate surface area is 87.1 Å². The molecule has 0 N–H and O–H groups in total. The first-order chi connectivity index (χ1) is 6.54. The van der Waals surface area contributed by atoms with Crippen molar-refractivity contribution in [3.05, 3.63) is 0 Å². The minimum Gasteiger partial charge on any atom is -0.298 e. The molecule has 82 valence electrons. The van der Waals surface area contributed by atoms with E-state index in [1.807, 2.05) is 6.92 Å². The Bertz CT molecular complexity index is 193. The number of Topliss-reactive ketones (excluding diaryl/α,β-unsaturated/α-hetero) is 1. The molecule has 2 unspecified atom stereocenters. The van der Waals surface area contributed by atoms with Gasteiger partial charge in [0.15, 0.2) is 0 Å². The summed E-state index contributed by atoms with van der Waals surface area (Å²) in [5, 5.41) is 0. The number of ketones is 1. The van der Waals surface area contributed by atoms with Gasteiger partial charge in [-0.05, 0) is 20.9 Å². The molecule has 3 heteroatoms. The molecule has 0 aromatic heterocycles. The third kappa shape index (κ3) is 2.79. The lowest BCUT2D eigenvalue weighted by atomic mass is 10.1. The second-order valence-corrected chi connectivity index (χ2v) is 4.45. The van der Waals surface area contributed by atoms with Crippen LogP contribution < -0.4 is 0 Å². The highest BCUT2D eigenvalue weighted by atomic mass is 16.1. The largest absolute Gasteiger partial charge is 0.298 e. The number of piperazine rings is 1. The van der Waals surface area contributed by atoms with Crippen molar-refractivity contribution in [1.29, 1.82) is 0 Å². The quantitative estimate of drug-likeness (QED) is 0.675. The van der Waals surface area contributed by atoms with Crippen molar-refractivity contribution in [3.8, 4) is 0 Å². The van der Waals surface area contributed by atoms with E-state index in [4.69, 9.17) is 0 Å². The van der Waals surface area contributed by atoms with Gasteiger partial charge < -0.3 is 0 Å². The summed E-state index contributed by atoms with van der Waals surface area (Å²) in [5.41, 5.74) is 0. The Hall–Kier alpha value is -0.410. The second kappa shape index (κ2) is 4.89. The lowest BCUT2D eigenvalue weighted by Gasteiger charge is -2.42. The van der Waals surface area contributed by atoms with Crippen molar-refractivity contribution < 1.29 is 4.79 Å². The maximum atomic E-state index is 11.3. The molecule has 1 rings (SSSR count). The Morgan fingerprint density at radius 1 is 1.29 bits per heavy atom. The first-order valence-electron chi connectivity index (χ1n) is 5.50. The molecule has 1 fully saturated rings. The summed E-state index contributed by atoms with van der Waals surface area (Å²) in [7, 11) is 2.16. The highest BCUT2D eigenvalue weighted by Gasteiger charge is 2.26. The van der Waals surface area contributed by atoms with Crippen LogP contribution in [0.1, 0.15) is 27.2 Å². The molecule has 0 amide bonds. The van der Waals surface area contributed by atoms with E-state index in [1.165, 1.54) is 0 Å². The van der Waals surface area contributed by atoms with Crippen molar-refractivity contribution in [2.75, 3.05) is 26.7 Å². The lowest BCUT2D eigenvalue weighted by Crippen LogP contribution is -2.55. The van der Waals surface area contributed by atoms with Crippen molar-refractivity contribution in [2.45, 2.75) is 39.3 Å². The summed E-state index contributed by atoms with van der Waals surface area (Å²) in [4.78, 5) is 16.0. The van der Waals surface area contributed by atoms with E-state index in [0.717, 1.165) is 13.1 Å². The first kappa shape index (κ1) is 11.7. The van der Waals surface area contributed by atoms with Gasteiger partial charge in [-0.1, -0.05) is 6.92 Å². The van der Waals surface area contributed by atoms with E-state index in [0.29, 0.717) is 30.8 Å². The summed E-state index contributed by atoms with van der Waals surface area (Å²) in [5.74, 6) is 0.356. The fraction of sp³-hybridized carbons (Fsp3) is 0.909. The van der Waals surface area contributed by atoms with E-state index in [-0.39, 0.29) is 0 Å². The molecule has 0 radical (unpaired) electrons. The number of hydrogen-bond donors (Lipinski definition) is 0. The Balaban J connectivity index is 2.45. The molecule has 1 aliphatic heterocycles. The van der Waals surface area contributed by atoms with Crippen LogP contribution in [0.4, 0.5) is 0 Å². The second-order valence-electron chi connectivity index (χ2n) is 4.45. The number of carbonyl (C=O) groups excluding carboxylic acids is 1. The van der Waals surface area contributed by atoms with Crippen molar-refractivity contribution >= 4 is 5.78 Å². The van der Waals surface area contributed by atoms with E-state index >= 15 is 0 Å². The minimum absolute atomic E-state index is 0.356. The third-order valence-corrected chi connectivity index (χ3v) is 3.23. The molecule has 1 saturated heterocycles. The highest BCUT2D eigenvalue weighted by Crippen LogP contribution is 2.12. The maximum Gasteiger partial charge on any atom is 0.146 e. The molecule has 0 aromatic carbocycles. The number of carbonyl (C=O) groups is 1. The van der Waals surface area contributed by atoms with Crippen LogP contribution in [0.15, 0.2) is 0 Å². The summed E-state index contributed by atoms with van der Waals surface area (Å²) in [6.45, 7) is 9.06. The molecule has 2 atom stereocenters. The molecular weight excluding hydrogens is 176 g/mol. The van der Waals surface area contributed by atoms with Crippen LogP contribution in [-0.2, 0) is 4.79 Å². The van der Waals surface area contributed by atoms with Gasteiger partial charge in [-0.25, -0.2) is 0 Å². The van der Waals surface area contributed by atoms with E-state index in [9.17, 15) is 4.79 Å². The first-order valence-corrected chi connectivity index (χ1v) is 5.50. The smallest absolute Gasteiger partial charge is 0.146 e. The molecular formula is C11H22N2O. The topological polar surface area (TPSA) is 23.6 Å². The van der Waals surface area contributed by atoms with Crippen molar-refractivity contribution in [2.24, 2.45) is 0 Å². The number of hydrogen-bond acceptors (Lipinski definition) is 3. The summed E-state index contributed by atoms with van der Waals surface area (Å²) in [6.07, 6.45) is 0.662. The van der Waals surface area contributed by atoms with Gasteiger partial charge in [-0.15, -0.1) is 0 Å². The zero-order valence-electron chi connectivity index (χ0n) is 9.79. The summed E-state index contributed by atoms with van der Waals surface area (Å²) < 4.78 is 0. The fourth-order valence-electron chi connectivity index (χ4n) is 2.00. The van der Waals surface area contributed by atoms with Gasteiger partial charge in [0.1, 0.15) is 5.78 Å². The molecule has 0 spiro atoms. The van der Waals surface area contributed by atoms with Crippen LogP contribution >= 0.6 is 0 Å². The van der Waals surface area contributed by atoms with Crippen molar-refractivity contribution in [3.63, 3.8) is 0 Å². The maximum absolute atomic E-state index is 11.3. The van der Waals surface area contributed by atoms with Gasteiger partial charge in [0.25, 0.3) is 0 Å². The number of likely N-dealkylation sites (N-methyl/N-ethyl adjacent to an activating group) is 1. The van der Waals surface area contributed by atoms with Crippen LogP contribution in [0.3, 0.4) is 0 Å². The molecule has 0 aromatic rings. The lowest BCUT2D eigenvalue weighted by molar-refractivity contribution is -0.120. The molecule has 0 bridgehead atoms.